The van der Waals surface area contributed by atoms with E-state index in [4.69, 9.17) is 10.8 Å². The lowest BCUT2D eigenvalue weighted by Gasteiger charge is -2.13. The van der Waals surface area contributed by atoms with E-state index in [1.54, 1.807) is 12.1 Å². The fourth-order valence-electron chi connectivity index (χ4n) is 0.908. The molecule has 14 heavy (non-hydrogen) atoms. The number of carbonyl (C=O) groups is 1. The highest BCUT2D eigenvalue weighted by atomic mass is 79.9. The first-order valence-electron chi connectivity index (χ1n) is 3.81. The van der Waals surface area contributed by atoms with Gasteiger partial charge < -0.3 is 15.9 Å². The van der Waals surface area contributed by atoms with E-state index in [-0.39, 0.29) is 5.69 Å². The van der Waals surface area contributed by atoms with Gasteiger partial charge in [0, 0.05) is 0 Å². The molecule has 2 unspecified atom stereocenters. The number of carboxylic acids is 1. The van der Waals surface area contributed by atoms with Gasteiger partial charge in [-0.15, -0.1) is 0 Å². The van der Waals surface area contributed by atoms with Gasteiger partial charge in [-0.1, -0.05) is 6.07 Å². The smallest absolute Gasteiger partial charge is 0.323 e. The summed E-state index contributed by atoms with van der Waals surface area (Å²) in [6.45, 7) is 0. The van der Waals surface area contributed by atoms with Crippen molar-refractivity contribution in [1.29, 1.82) is 0 Å². The van der Waals surface area contributed by atoms with Crippen molar-refractivity contribution in [2.24, 2.45) is 5.73 Å². The summed E-state index contributed by atoms with van der Waals surface area (Å²) in [5, 5.41) is 18.1. The van der Waals surface area contributed by atoms with Gasteiger partial charge in [0.05, 0.1) is 5.69 Å². The Kier molecular flexibility index (Phi) is 3.56. The third kappa shape index (κ3) is 2.50. The Labute approximate surface area is 88.7 Å². The number of hydrogen-bond acceptors (Lipinski definition) is 4. The number of aromatic nitrogens is 1. The summed E-state index contributed by atoms with van der Waals surface area (Å²) < 4.78 is 0.520. The second-order valence-electron chi connectivity index (χ2n) is 2.69. The molecule has 1 heterocycles. The molecule has 0 aromatic carbocycles. The highest BCUT2D eigenvalue weighted by Gasteiger charge is 2.24. The minimum absolute atomic E-state index is 0.231. The Morgan fingerprint density at radius 2 is 2.21 bits per heavy atom. The Morgan fingerprint density at radius 3 is 2.71 bits per heavy atom. The van der Waals surface area contributed by atoms with E-state index in [0.717, 1.165) is 0 Å². The molecule has 2 atom stereocenters. The molecule has 0 bridgehead atoms. The maximum absolute atomic E-state index is 10.5. The van der Waals surface area contributed by atoms with Gasteiger partial charge in [-0.3, -0.25) is 4.79 Å². The van der Waals surface area contributed by atoms with Gasteiger partial charge in [-0.25, -0.2) is 4.98 Å². The molecule has 0 amide bonds. The van der Waals surface area contributed by atoms with Crippen molar-refractivity contribution in [3.05, 3.63) is 28.5 Å². The van der Waals surface area contributed by atoms with E-state index in [1.807, 2.05) is 0 Å². The van der Waals surface area contributed by atoms with E-state index in [9.17, 15) is 9.90 Å². The van der Waals surface area contributed by atoms with Crippen LogP contribution in [-0.2, 0) is 4.79 Å². The number of halogens is 1. The van der Waals surface area contributed by atoms with Crippen LogP contribution in [0.3, 0.4) is 0 Å². The molecule has 6 heteroatoms. The summed E-state index contributed by atoms with van der Waals surface area (Å²) in [7, 11) is 0. The molecule has 0 saturated heterocycles. The molecule has 0 saturated carbocycles. The van der Waals surface area contributed by atoms with E-state index in [2.05, 4.69) is 20.9 Å². The van der Waals surface area contributed by atoms with Gasteiger partial charge in [0.1, 0.15) is 16.7 Å². The van der Waals surface area contributed by atoms with Crippen molar-refractivity contribution in [3.63, 3.8) is 0 Å². The third-order valence-corrected chi connectivity index (χ3v) is 2.11. The number of pyridine rings is 1. The predicted molar refractivity (Wildman–Crippen MR) is 52.5 cm³/mol. The first-order valence-corrected chi connectivity index (χ1v) is 4.60. The van der Waals surface area contributed by atoms with Crippen molar-refractivity contribution < 1.29 is 15.0 Å². The Balaban J connectivity index is 2.89. The Bertz CT molecular complexity index is 345. The monoisotopic (exact) mass is 260 g/mol. The molecule has 0 aliphatic rings. The highest BCUT2D eigenvalue weighted by Crippen LogP contribution is 2.15. The van der Waals surface area contributed by atoms with Gasteiger partial charge in [-0.05, 0) is 28.1 Å². The Morgan fingerprint density at radius 1 is 1.57 bits per heavy atom. The average Bonchev–Trinajstić information content (AvgIpc) is 2.15. The van der Waals surface area contributed by atoms with Crippen LogP contribution in [-0.4, -0.2) is 27.2 Å². The second-order valence-corrected chi connectivity index (χ2v) is 3.51. The topological polar surface area (TPSA) is 96.4 Å². The van der Waals surface area contributed by atoms with E-state index >= 15 is 0 Å². The highest BCUT2D eigenvalue weighted by molar-refractivity contribution is 9.10. The Hall–Kier alpha value is -0.980. The lowest BCUT2D eigenvalue weighted by molar-refractivity contribution is -0.141. The number of hydrogen-bond donors (Lipinski definition) is 3. The van der Waals surface area contributed by atoms with Gasteiger partial charge in [0.25, 0.3) is 0 Å². The summed E-state index contributed by atoms with van der Waals surface area (Å²) >= 11 is 3.11. The molecular formula is C8H9BrN2O3. The van der Waals surface area contributed by atoms with Crippen LogP contribution < -0.4 is 5.73 Å². The first kappa shape index (κ1) is 11.1. The number of carboxylic acid groups (broad SMARTS) is 1. The summed E-state index contributed by atoms with van der Waals surface area (Å²) in [5.41, 5.74) is 5.47. The lowest BCUT2D eigenvalue weighted by atomic mass is 10.1. The molecule has 1 aromatic rings. The van der Waals surface area contributed by atoms with Crippen LogP contribution in [0.15, 0.2) is 22.8 Å². The first-order chi connectivity index (χ1) is 6.52. The minimum Gasteiger partial charge on any atom is -0.480 e. The van der Waals surface area contributed by atoms with E-state index in [1.165, 1.54) is 6.07 Å². The summed E-state index contributed by atoms with van der Waals surface area (Å²) in [4.78, 5) is 14.4. The van der Waals surface area contributed by atoms with Crippen LogP contribution in [0.25, 0.3) is 0 Å². The average molecular weight is 261 g/mol. The zero-order chi connectivity index (χ0) is 10.7. The van der Waals surface area contributed by atoms with Gasteiger partial charge in [0.2, 0.25) is 0 Å². The molecule has 0 radical (unpaired) electrons. The van der Waals surface area contributed by atoms with Gasteiger partial charge >= 0.3 is 5.97 Å². The van der Waals surface area contributed by atoms with Crippen LogP contribution in [0.1, 0.15) is 11.8 Å². The number of rotatable bonds is 3. The SMILES string of the molecule is NC(C(=O)O)C(O)c1cccc(Br)n1. The summed E-state index contributed by atoms with van der Waals surface area (Å²) in [6, 6.07) is 3.46. The molecule has 0 aliphatic heterocycles. The van der Waals surface area contributed by atoms with Crippen LogP contribution in [0.2, 0.25) is 0 Å². The van der Waals surface area contributed by atoms with Gasteiger partial charge in [-0.2, -0.15) is 0 Å². The minimum atomic E-state index is -1.36. The maximum atomic E-state index is 10.5. The van der Waals surface area contributed by atoms with Crippen molar-refractivity contribution >= 4 is 21.9 Å². The molecule has 0 aliphatic carbocycles. The molecule has 1 rings (SSSR count). The fourth-order valence-corrected chi connectivity index (χ4v) is 1.27. The molecule has 4 N–H and O–H groups in total. The quantitative estimate of drug-likeness (QED) is 0.679. The molecule has 1 aromatic heterocycles. The number of aliphatic carboxylic acids is 1. The second kappa shape index (κ2) is 4.50. The van der Waals surface area contributed by atoms with E-state index in [0.29, 0.717) is 4.60 Å². The van der Waals surface area contributed by atoms with E-state index < -0.39 is 18.1 Å². The molecular weight excluding hydrogens is 252 g/mol. The van der Waals surface area contributed by atoms with Crippen molar-refractivity contribution in [2.45, 2.75) is 12.1 Å². The largest absolute Gasteiger partial charge is 0.480 e. The molecule has 0 spiro atoms. The number of aliphatic hydroxyl groups is 1. The zero-order valence-corrected chi connectivity index (χ0v) is 8.68. The normalized spacial score (nSPS) is 14.8. The maximum Gasteiger partial charge on any atom is 0.323 e. The van der Waals surface area contributed by atoms with Crippen LogP contribution in [0.5, 0.6) is 0 Å². The summed E-state index contributed by atoms with van der Waals surface area (Å²) in [5.74, 6) is -1.26. The molecule has 0 fully saturated rings. The fraction of sp³-hybridized carbons (Fsp3) is 0.250. The third-order valence-electron chi connectivity index (χ3n) is 1.66. The summed E-state index contributed by atoms with van der Waals surface area (Å²) in [6.07, 6.45) is -1.30. The van der Waals surface area contributed by atoms with Crippen molar-refractivity contribution in [3.8, 4) is 0 Å². The van der Waals surface area contributed by atoms with Crippen molar-refractivity contribution in [2.75, 3.05) is 0 Å². The van der Waals surface area contributed by atoms with Crippen molar-refractivity contribution in [1.82, 2.24) is 4.98 Å². The lowest BCUT2D eigenvalue weighted by Crippen LogP contribution is -2.36. The number of nitrogens with zero attached hydrogens (tertiary/aromatic N) is 1. The van der Waals surface area contributed by atoms with Crippen LogP contribution in [0, 0.1) is 0 Å². The number of nitrogens with two attached hydrogens (primary N) is 1. The van der Waals surface area contributed by atoms with Crippen LogP contribution >= 0.6 is 15.9 Å². The molecule has 5 nitrogen and oxygen atoms in total. The molecule has 76 valence electrons. The predicted octanol–water partition coefficient (Wildman–Crippen LogP) is 0.289. The zero-order valence-electron chi connectivity index (χ0n) is 7.09. The standard InChI is InChI=1S/C8H9BrN2O3/c9-5-3-1-2-4(11-5)7(12)6(10)8(13)14/h1-3,6-7,12H,10H2,(H,13,14). The van der Waals surface area contributed by atoms with Crippen LogP contribution in [0.4, 0.5) is 0 Å². The number of aliphatic hydroxyl groups excluding tert-OH is 1. The van der Waals surface area contributed by atoms with Gasteiger partial charge in [0.15, 0.2) is 0 Å².